The third-order valence-corrected chi connectivity index (χ3v) is 7.17. The molecule has 1 N–H and O–H groups in total. The van der Waals surface area contributed by atoms with Gasteiger partial charge in [-0.25, -0.2) is 13.2 Å². The van der Waals surface area contributed by atoms with Crippen molar-refractivity contribution in [2.24, 2.45) is 0 Å². The Kier molecular flexibility index (Phi) is 4.37. The van der Waals surface area contributed by atoms with Gasteiger partial charge in [0.2, 0.25) is 0 Å². The first-order chi connectivity index (χ1) is 10.9. The van der Waals surface area contributed by atoms with E-state index < -0.39 is 21.4 Å². The normalized spacial score (nSPS) is 24.4. The zero-order valence-corrected chi connectivity index (χ0v) is 14.2. The third-order valence-electron chi connectivity index (χ3n) is 4.16. The highest BCUT2D eigenvalue weighted by Gasteiger charge is 2.52. The molecule has 2 saturated heterocycles. The summed E-state index contributed by atoms with van der Waals surface area (Å²) in [6.07, 6.45) is 0.876. The zero-order chi connectivity index (χ0) is 16.5. The van der Waals surface area contributed by atoms with E-state index in [2.05, 4.69) is 5.32 Å². The summed E-state index contributed by atoms with van der Waals surface area (Å²) in [6, 6.07) is 7.79. The van der Waals surface area contributed by atoms with Gasteiger partial charge in [0.1, 0.15) is 5.54 Å². The fourth-order valence-corrected chi connectivity index (χ4v) is 5.51. The maximum Gasteiger partial charge on any atom is 0.325 e. The second-order valence-corrected chi connectivity index (χ2v) is 8.97. The lowest BCUT2D eigenvalue weighted by Crippen LogP contribution is -2.47. The molecule has 6 nitrogen and oxygen atoms in total. The maximum atomic E-state index is 12.4. The van der Waals surface area contributed by atoms with Crippen LogP contribution in [0.5, 0.6) is 0 Å². The van der Waals surface area contributed by atoms with Crippen LogP contribution in [-0.4, -0.2) is 54.6 Å². The Labute approximate surface area is 139 Å². The SMILES string of the molecule is O=C1NC2(CCSC2)C(=O)N1CCCS(=O)(=O)c1ccccc1. The van der Waals surface area contributed by atoms with E-state index in [0.29, 0.717) is 12.2 Å². The molecular weight excluding hydrogens is 336 g/mol. The average molecular weight is 354 g/mol. The molecule has 1 atom stereocenters. The van der Waals surface area contributed by atoms with Crippen molar-refractivity contribution in [2.45, 2.75) is 23.3 Å². The van der Waals surface area contributed by atoms with E-state index in [1.54, 1.807) is 42.1 Å². The quantitative estimate of drug-likeness (QED) is 0.805. The van der Waals surface area contributed by atoms with Gasteiger partial charge in [-0.15, -0.1) is 0 Å². The lowest BCUT2D eigenvalue weighted by molar-refractivity contribution is -0.130. The van der Waals surface area contributed by atoms with E-state index in [1.807, 2.05) is 0 Å². The number of nitrogens with zero attached hydrogens (tertiary/aromatic N) is 1. The maximum absolute atomic E-state index is 12.4. The Morgan fingerprint density at radius 1 is 1.22 bits per heavy atom. The highest BCUT2D eigenvalue weighted by molar-refractivity contribution is 7.99. The minimum atomic E-state index is -3.39. The second-order valence-electron chi connectivity index (χ2n) is 5.76. The lowest BCUT2D eigenvalue weighted by atomic mass is 9.99. The monoisotopic (exact) mass is 354 g/mol. The Bertz CT molecular complexity index is 712. The van der Waals surface area contributed by atoms with Crippen molar-refractivity contribution in [1.29, 1.82) is 0 Å². The Balaban J connectivity index is 1.61. The molecule has 2 aliphatic rings. The van der Waals surface area contributed by atoms with E-state index in [1.165, 1.54) is 0 Å². The molecule has 1 spiro atoms. The lowest BCUT2D eigenvalue weighted by Gasteiger charge is -2.19. The number of thioether (sulfide) groups is 1. The van der Waals surface area contributed by atoms with Crippen LogP contribution in [0.4, 0.5) is 4.79 Å². The number of carbonyl (C=O) groups excluding carboxylic acids is 2. The number of amides is 3. The van der Waals surface area contributed by atoms with Gasteiger partial charge in [0, 0.05) is 12.3 Å². The summed E-state index contributed by atoms with van der Waals surface area (Å²) in [5, 5.41) is 2.78. The van der Waals surface area contributed by atoms with Crippen molar-refractivity contribution < 1.29 is 18.0 Å². The first-order valence-electron chi connectivity index (χ1n) is 7.44. The molecule has 1 aromatic carbocycles. The van der Waals surface area contributed by atoms with E-state index in [9.17, 15) is 18.0 Å². The van der Waals surface area contributed by atoms with Gasteiger partial charge in [-0.05, 0) is 30.7 Å². The van der Waals surface area contributed by atoms with Gasteiger partial charge in [0.25, 0.3) is 5.91 Å². The van der Waals surface area contributed by atoms with Crippen LogP contribution >= 0.6 is 11.8 Å². The van der Waals surface area contributed by atoms with Gasteiger partial charge in [-0.3, -0.25) is 9.69 Å². The summed E-state index contributed by atoms with van der Waals surface area (Å²) in [6.45, 7) is 0.128. The van der Waals surface area contributed by atoms with E-state index >= 15 is 0 Å². The standard InChI is InChI=1S/C15H18N2O4S2/c18-13-15(7-9-22-11-15)16-14(19)17(13)8-4-10-23(20,21)12-5-2-1-3-6-12/h1-3,5-6H,4,7-11H2,(H,16,19). The summed E-state index contributed by atoms with van der Waals surface area (Å²) >= 11 is 1.65. The molecule has 3 rings (SSSR count). The van der Waals surface area contributed by atoms with Crippen LogP contribution in [0.2, 0.25) is 0 Å². The van der Waals surface area contributed by atoms with Gasteiger partial charge >= 0.3 is 6.03 Å². The van der Waals surface area contributed by atoms with E-state index in [0.717, 1.165) is 10.7 Å². The number of imide groups is 1. The molecule has 1 aromatic rings. The Morgan fingerprint density at radius 2 is 1.96 bits per heavy atom. The highest BCUT2D eigenvalue weighted by Crippen LogP contribution is 2.33. The van der Waals surface area contributed by atoms with Crippen LogP contribution in [0, 0.1) is 0 Å². The zero-order valence-electron chi connectivity index (χ0n) is 12.5. The number of sulfone groups is 1. The molecule has 124 valence electrons. The summed E-state index contributed by atoms with van der Waals surface area (Å²) in [4.78, 5) is 25.9. The molecular formula is C15H18N2O4S2. The minimum absolute atomic E-state index is 0.0875. The smallest absolute Gasteiger partial charge is 0.322 e. The van der Waals surface area contributed by atoms with Gasteiger partial charge in [-0.2, -0.15) is 11.8 Å². The number of benzene rings is 1. The number of carbonyl (C=O) groups is 2. The number of hydrogen-bond acceptors (Lipinski definition) is 5. The van der Waals surface area contributed by atoms with Crippen molar-refractivity contribution in [1.82, 2.24) is 10.2 Å². The van der Waals surface area contributed by atoms with Crippen molar-refractivity contribution in [3.8, 4) is 0 Å². The van der Waals surface area contributed by atoms with Crippen LogP contribution < -0.4 is 5.32 Å². The number of nitrogens with one attached hydrogen (secondary N) is 1. The Hall–Kier alpha value is -1.54. The van der Waals surface area contributed by atoms with E-state index in [4.69, 9.17) is 0 Å². The topological polar surface area (TPSA) is 83.6 Å². The fraction of sp³-hybridized carbons (Fsp3) is 0.467. The van der Waals surface area contributed by atoms with Crippen molar-refractivity contribution in [3.63, 3.8) is 0 Å². The number of urea groups is 1. The molecule has 0 aromatic heterocycles. The van der Waals surface area contributed by atoms with Gasteiger partial charge in [-0.1, -0.05) is 18.2 Å². The summed E-state index contributed by atoms with van der Waals surface area (Å²) in [7, 11) is -3.39. The molecule has 2 fully saturated rings. The van der Waals surface area contributed by atoms with E-state index in [-0.39, 0.29) is 29.5 Å². The number of hydrogen-bond donors (Lipinski definition) is 1. The minimum Gasteiger partial charge on any atom is -0.322 e. The van der Waals surface area contributed by atoms with Crippen LogP contribution in [0.15, 0.2) is 35.2 Å². The largest absolute Gasteiger partial charge is 0.325 e. The molecule has 3 amide bonds. The fourth-order valence-electron chi connectivity index (χ4n) is 2.87. The van der Waals surface area contributed by atoms with Crippen LogP contribution in [0.1, 0.15) is 12.8 Å². The first-order valence-corrected chi connectivity index (χ1v) is 10.2. The van der Waals surface area contributed by atoms with Gasteiger partial charge < -0.3 is 5.32 Å². The second kappa shape index (κ2) is 6.16. The van der Waals surface area contributed by atoms with Crippen LogP contribution in [0.25, 0.3) is 0 Å². The van der Waals surface area contributed by atoms with Crippen molar-refractivity contribution in [2.75, 3.05) is 23.8 Å². The predicted octanol–water partition coefficient (Wildman–Crippen LogP) is 1.28. The molecule has 0 radical (unpaired) electrons. The Morgan fingerprint density at radius 3 is 2.61 bits per heavy atom. The highest BCUT2D eigenvalue weighted by atomic mass is 32.2. The molecule has 0 saturated carbocycles. The molecule has 0 bridgehead atoms. The molecule has 0 aliphatic carbocycles. The van der Waals surface area contributed by atoms with Gasteiger partial charge in [0.15, 0.2) is 9.84 Å². The molecule has 8 heteroatoms. The summed E-state index contributed by atoms with van der Waals surface area (Å²) in [5.41, 5.74) is -0.764. The predicted molar refractivity (Wildman–Crippen MR) is 88.0 cm³/mol. The van der Waals surface area contributed by atoms with Crippen LogP contribution in [-0.2, 0) is 14.6 Å². The number of rotatable bonds is 5. The molecule has 1 unspecified atom stereocenters. The summed E-state index contributed by atoms with van der Waals surface area (Å²) < 4.78 is 24.4. The van der Waals surface area contributed by atoms with Crippen LogP contribution in [0.3, 0.4) is 0 Å². The van der Waals surface area contributed by atoms with Gasteiger partial charge in [0.05, 0.1) is 10.6 Å². The molecule has 23 heavy (non-hydrogen) atoms. The van der Waals surface area contributed by atoms with Crippen molar-refractivity contribution in [3.05, 3.63) is 30.3 Å². The average Bonchev–Trinajstić information content (AvgIpc) is 3.09. The first kappa shape index (κ1) is 16.3. The summed E-state index contributed by atoms with van der Waals surface area (Å²) in [5.74, 6) is 1.14. The van der Waals surface area contributed by atoms with Crippen molar-refractivity contribution >= 4 is 33.5 Å². The molecule has 2 aliphatic heterocycles. The molecule has 2 heterocycles. The third kappa shape index (κ3) is 3.10.